The van der Waals surface area contributed by atoms with Crippen LogP contribution >= 0.6 is 0 Å². The molecule has 1 aliphatic rings. The molecule has 0 spiro atoms. The van der Waals surface area contributed by atoms with Crippen LogP contribution in [0.15, 0.2) is 18.2 Å². The molecule has 0 unspecified atom stereocenters. The molecule has 5 nitrogen and oxygen atoms in total. The van der Waals surface area contributed by atoms with Crippen molar-refractivity contribution in [2.24, 2.45) is 0 Å². The van der Waals surface area contributed by atoms with Gasteiger partial charge in [0, 0.05) is 12.6 Å². The van der Waals surface area contributed by atoms with Crippen molar-refractivity contribution in [3.8, 4) is 5.88 Å². The lowest BCUT2D eigenvalue weighted by Crippen LogP contribution is -2.33. The Hall–Kier alpha value is -1.62. The molecule has 0 bridgehead atoms. The van der Waals surface area contributed by atoms with Gasteiger partial charge in [0.05, 0.1) is 6.61 Å². The molecule has 1 aromatic rings. The van der Waals surface area contributed by atoms with Gasteiger partial charge in [-0.3, -0.25) is 4.90 Å². The first-order chi connectivity index (χ1) is 9.79. The van der Waals surface area contributed by atoms with E-state index < -0.39 is 5.97 Å². The van der Waals surface area contributed by atoms with Gasteiger partial charge in [-0.05, 0) is 38.9 Å². The summed E-state index contributed by atoms with van der Waals surface area (Å²) in [6.07, 6.45) is 3.88. The lowest BCUT2D eigenvalue weighted by molar-refractivity contribution is 0.0518. The van der Waals surface area contributed by atoms with Crippen LogP contribution < -0.4 is 4.74 Å². The predicted molar refractivity (Wildman–Crippen MR) is 76.0 cm³/mol. The second-order valence-electron chi connectivity index (χ2n) is 4.83. The van der Waals surface area contributed by atoms with E-state index in [1.54, 1.807) is 25.1 Å². The molecule has 2 rings (SSSR count). The van der Waals surface area contributed by atoms with Crippen molar-refractivity contribution in [3.05, 3.63) is 23.9 Å². The average Bonchev–Trinajstić information content (AvgIpc) is 2.49. The van der Waals surface area contributed by atoms with Crippen LogP contribution in [0.3, 0.4) is 0 Å². The second kappa shape index (κ2) is 7.85. The van der Waals surface area contributed by atoms with Crippen LogP contribution in [0.1, 0.15) is 36.7 Å². The molecule has 1 aliphatic heterocycles. The largest absolute Gasteiger partial charge is 0.476 e. The van der Waals surface area contributed by atoms with Gasteiger partial charge in [0.15, 0.2) is 5.69 Å². The standard InChI is InChI=1S/C15H22N2O3/c1-2-19-15(18)13-7-6-8-14(16-13)20-12-11-17-9-4-3-5-10-17/h6-8H,2-5,9-12H2,1H3. The van der Waals surface area contributed by atoms with E-state index in [2.05, 4.69) is 9.88 Å². The number of aromatic nitrogens is 1. The summed E-state index contributed by atoms with van der Waals surface area (Å²) in [5.41, 5.74) is 0.294. The Morgan fingerprint density at radius 3 is 2.85 bits per heavy atom. The first-order valence-electron chi connectivity index (χ1n) is 7.29. The maximum absolute atomic E-state index is 11.6. The number of ether oxygens (including phenoxy) is 2. The summed E-state index contributed by atoms with van der Waals surface area (Å²) < 4.78 is 10.5. The molecule has 0 aromatic carbocycles. The van der Waals surface area contributed by atoms with Gasteiger partial charge in [0.2, 0.25) is 5.88 Å². The maximum Gasteiger partial charge on any atom is 0.357 e. The van der Waals surface area contributed by atoms with Gasteiger partial charge >= 0.3 is 5.97 Å². The molecule has 0 amide bonds. The van der Waals surface area contributed by atoms with Gasteiger partial charge < -0.3 is 9.47 Å². The van der Waals surface area contributed by atoms with Crippen LogP contribution in [-0.2, 0) is 4.74 Å². The number of piperidine rings is 1. The number of hydrogen-bond donors (Lipinski definition) is 0. The fourth-order valence-electron chi connectivity index (χ4n) is 2.28. The molecule has 110 valence electrons. The van der Waals surface area contributed by atoms with E-state index in [4.69, 9.17) is 9.47 Å². The fourth-order valence-corrected chi connectivity index (χ4v) is 2.28. The Morgan fingerprint density at radius 2 is 2.10 bits per heavy atom. The first-order valence-corrected chi connectivity index (χ1v) is 7.29. The van der Waals surface area contributed by atoms with Gasteiger partial charge in [-0.2, -0.15) is 0 Å². The molecule has 0 saturated carbocycles. The van der Waals surface area contributed by atoms with E-state index in [9.17, 15) is 4.79 Å². The Bertz CT molecular complexity index is 431. The van der Waals surface area contributed by atoms with Crippen molar-refractivity contribution in [2.75, 3.05) is 32.8 Å². The summed E-state index contributed by atoms with van der Waals surface area (Å²) in [6, 6.07) is 5.16. The minimum absolute atomic E-state index is 0.294. The maximum atomic E-state index is 11.6. The van der Waals surface area contributed by atoms with Crippen LogP contribution in [0.4, 0.5) is 0 Å². The monoisotopic (exact) mass is 278 g/mol. The van der Waals surface area contributed by atoms with E-state index in [1.165, 1.54) is 19.3 Å². The molecule has 0 aliphatic carbocycles. The Kier molecular flexibility index (Phi) is 5.80. The van der Waals surface area contributed by atoms with E-state index in [1.807, 2.05) is 0 Å². The zero-order valence-corrected chi connectivity index (χ0v) is 12.0. The van der Waals surface area contributed by atoms with Crippen LogP contribution in [-0.4, -0.2) is 48.7 Å². The third-order valence-corrected chi connectivity index (χ3v) is 3.31. The number of rotatable bonds is 6. The summed E-state index contributed by atoms with van der Waals surface area (Å²) in [7, 11) is 0. The van der Waals surface area contributed by atoms with E-state index in [0.717, 1.165) is 19.6 Å². The number of likely N-dealkylation sites (tertiary alicyclic amines) is 1. The highest BCUT2D eigenvalue weighted by molar-refractivity contribution is 5.87. The van der Waals surface area contributed by atoms with Crippen molar-refractivity contribution in [2.45, 2.75) is 26.2 Å². The van der Waals surface area contributed by atoms with Gasteiger partial charge in [-0.15, -0.1) is 0 Å². The quantitative estimate of drug-likeness (QED) is 0.746. The van der Waals surface area contributed by atoms with Crippen molar-refractivity contribution in [3.63, 3.8) is 0 Å². The predicted octanol–water partition coefficient (Wildman–Crippen LogP) is 2.12. The molecule has 20 heavy (non-hydrogen) atoms. The molecule has 0 N–H and O–H groups in total. The molecular formula is C15H22N2O3. The lowest BCUT2D eigenvalue weighted by Gasteiger charge is -2.26. The molecule has 1 fully saturated rings. The number of nitrogens with zero attached hydrogens (tertiary/aromatic N) is 2. The minimum atomic E-state index is -0.408. The number of esters is 1. The highest BCUT2D eigenvalue weighted by atomic mass is 16.5. The van der Waals surface area contributed by atoms with E-state index >= 15 is 0 Å². The minimum Gasteiger partial charge on any atom is -0.476 e. The SMILES string of the molecule is CCOC(=O)c1cccc(OCCN2CCCCC2)n1. The van der Waals surface area contributed by atoms with Crippen LogP contribution in [0.25, 0.3) is 0 Å². The summed E-state index contributed by atoms with van der Waals surface area (Å²) in [6.45, 7) is 5.93. The number of pyridine rings is 1. The van der Waals surface area contributed by atoms with E-state index in [-0.39, 0.29) is 0 Å². The molecule has 5 heteroatoms. The third kappa shape index (κ3) is 4.49. The van der Waals surface area contributed by atoms with Crippen LogP contribution in [0.2, 0.25) is 0 Å². The van der Waals surface area contributed by atoms with Crippen LogP contribution in [0.5, 0.6) is 5.88 Å². The Balaban J connectivity index is 1.80. The van der Waals surface area contributed by atoms with Crippen molar-refractivity contribution in [1.82, 2.24) is 9.88 Å². The van der Waals surface area contributed by atoms with Crippen molar-refractivity contribution >= 4 is 5.97 Å². The van der Waals surface area contributed by atoms with Crippen molar-refractivity contribution < 1.29 is 14.3 Å². The molecule has 0 atom stereocenters. The van der Waals surface area contributed by atoms with Gasteiger partial charge in [0.1, 0.15) is 6.61 Å². The molecule has 1 aromatic heterocycles. The lowest BCUT2D eigenvalue weighted by atomic mass is 10.1. The third-order valence-electron chi connectivity index (χ3n) is 3.31. The topological polar surface area (TPSA) is 51.7 Å². The highest BCUT2D eigenvalue weighted by Crippen LogP contribution is 2.10. The summed E-state index contributed by atoms with van der Waals surface area (Å²) in [5, 5.41) is 0. The van der Waals surface area contributed by atoms with Crippen molar-refractivity contribution in [1.29, 1.82) is 0 Å². The smallest absolute Gasteiger partial charge is 0.357 e. The van der Waals surface area contributed by atoms with Gasteiger partial charge in [0.25, 0.3) is 0 Å². The Morgan fingerprint density at radius 1 is 1.30 bits per heavy atom. The first kappa shape index (κ1) is 14.8. The number of carbonyl (C=O) groups is 1. The van der Waals surface area contributed by atoms with Gasteiger partial charge in [-0.1, -0.05) is 12.5 Å². The summed E-state index contributed by atoms with van der Waals surface area (Å²) >= 11 is 0. The normalized spacial score (nSPS) is 15.8. The Labute approximate surface area is 119 Å². The molecular weight excluding hydrogens is 256 g/mol. The van der Waals surface area contributed by atoms with Gasteiger partial charge in [-0.25, -0.2) is 9.78 Å². The number of hydrogen-bond acceptors (Lipinski definition) is 5. The average molecular weight is 278 g/mol. The summed E-state index contributed by atoms with van der Waals surface area (Å²) in [5.74, 6) is 0.0709. The molecule has 2 heterocycles. The van der Waals surface area contributed by atoms with Crippen LogP contribution in [0, 0.1) is 0 Å². The molecule has 1 saturated heterocycles. The number of carbonyl (C=O) groups excluding carboxylic acids is 1. The second-order valence-corrected chi connectivity index (χ2v) is 4.83. The zero-order chi connectivity index (χ0) is 14.2. The summed E-state index contributed by atoms with van der Waals surface area (Å²) in [4.78, 5) is 18.1. The van der Waals surface area contributed by atoms with E-state index in [0.29, 0.717) is 24.8 Å². The zero-order valence-electron chi connectivity index (χ0n) is 12.0. The highest BCUT2D eigenvalue weighted by Gasteiger charge is 2.11. The molecule has 0 radical (unpaired) electrons. The fraction of sp³-hybridized carbons (Fsp3) is 0.600.